The maximum absolute atomic E-state index is 8.87. The first kappa shape index (κ1) is 9.35. The van der Waals surface area contributed by atoms with Crippen LogP contribution < -0.4 is 4.74 Å². The number of benzene rings is 1. The summed E-state index contributed by atoms with van der Waals surface area (Å²) in [6, 6.07) is 9.76. The Morgan fingerprint density at radius 1 is 1.20 bits per heavy atom. The van der Waals surface area contributed by atoms with Crippen molar-refractivity contribution in [1.29, 1.82) is 5.26 Å². The maximum atomic E-state index is 8.87. The van der Waals surface area contributed by atoms with Crippen LogP contribution >= 0.6 is 0 Å². The zero-order chi connectivity index (χ0) is 10.7. The quantitative estimate of drug-likeness (QED) is 0.806. The second kappa shape index (κ2) is 3.89. The summed E-state index contributed by atoms with van der Waals surface area (Å²) >= 11 is 0. The van der Waals surface area contributed by atoms with Crippen LogP contribution in [0.25, 0.3) is 11.1 Å². The summed E-state index contributed by atoms with van der Waals surface area (Å²) in [5.41, 5.74) is 2.58. The number of nitrogens with zero attached hydrogens (tertiary/aromatic N) is 1. The molecule has 3 heteroatoms. The van der Waals surface area contributed by atoms with E-state index in [-0.39, 0.29) is 0 Å². The second-order valence-corrected chi connectivity index (χ2v) is 3.12. The van der Waals surface area contributed by atoms with E-state index in [2.05, 4.69) is 11.1 Å². The van der Waals surface area contributed by atoms with Crippen molar-refractivity contribution in [2.75, 3.05) is 7.11 Å². The van der Waals surface area contributed by atoms with Crippen LogP contribution in [0, 0.1) is 11.3 Å². The first-order valence-corrected chi connectivity index (χ1v) is 4.56. The van der Waals surface area contributed by atoms with Gasteiger partial charge in [-0.1, -0.05) is 12.1 Å². The van der Waals surface area contributed by atoms with E-state index in [0.717, 1.165) is 16.9 Å². The molecule has 74 valence electrons. The van der Waals surface area contributed by atoms with Gasteiger partial charge in [0.15, 0.2) is 0 Å². The van der Waals surface area contributed by atoms with Crippen molar-refractivity contribution in [2.45, 2.75) is 0 Å². The summed E-state index contributed by atoms with van der Waals surface area (Å²) < 4.78 is 5.07. The van der Waals surface area contributed by atoms with Crippen LogP contribution in [0.4, 0.5) is 0 Å². The lowest BCUT2D eigenvalue weighted by molar-refractivity contribution is 0.415. The van der Waals surface area contributed by atoms with Crippen LogP contribution in [0.1, 0.15) is 5.56 Å². The first-order chi connectivity index (χ1) is 7.35. The van der Waals surface area contributed by atoms with Gasteiger partial charge in [-0.25, -0.2) is 0 Å². The number of aromatic amines is 1. The fraction of sp³-hybridized carbons (Fsp3) is 0.0833. The molecule has 0 fully saturated rings. The monoisotopic (exact) mass is 198 g/mol. The summed E-state index contributed by atoms with van der Waals surface area (Å²) in [5.74, 6) is 0.813. The minimum atomic E-state index is 0.653. The Balaban J connectivity index is 2.42. The first-order valence-electron chi connectivity index (χ1n) is 4.56. The number of rotatable bonds is 2. The van der Waals surface area contributed by atoms with Gasteiger partial charge in [0.25, 0.3) is 0 Å². The zero-order valence-corrected chi connectivity index (χ0v) is 8.32. The van der Waals surface area contributed by atoms with Crippen molar-refractivity contribution in [3.63, 3.8) is 0 Å². The largest absolute Gasteiger partial charge is 0.497 e. The second-order valence-electron chi connectivity index (χ2n) is 3.12. The minimum absolute atomic E-state index is 0.653. The molecule has 1 aromatic carbocycles. The Labute approximate surface area is 87.9 Å². The lowest BCUT2D eigenvalue weighted by Crippen LogP contribution is -1.82. The van der Waals surface area contributed by atoms with Gasteiger partial charge in [0.2, 0.25) is 0 Å². The number of ether oxygens (including phenoxy) is 1. The van der Waals surface area contributed by atoms with Crippen molar-refractivity contribution in [1.82, 2.24) is 4.98 Å². The molecule has 0 saturated carbocycles. The minimum Gasteiger partial charge on any atom is -0.497 e. The number of nitrogens with one attached hydrogen (secondary N) is 1. The van der Waals surface area contributed by atoms with Crippen LogP contribution in [0.3, 0.4) is 0 Å². The Morgan fingerprint density at radius 3 is 2.53 bits per heavy atom. The van der Waals surface area contributed by atoms with E-state index in [4.69, 9.17) is 10.00 Å². The van der Waals surface area contributed by atoms with Gasteiger partial charge in [0, 0.05) is 18.0 Å². The SMILES string of the molecule is COc1ccc(-c2c[nH]cc2C#N)cc1. The summed E-state index contributed by atoms with van der Waals surface area (Å²) in [6.07, 6.45) is 3.51. The molecule has 0 atom stereocenters. The fourth-order valence-electron chi connectivity index (χ4n) is 1.47. The van der Waals surface area contributed by atoms with Gasteiger partial charge in [-0.2, -0.15) is 5.26 Å². The number of H-pyrrole nitrogens is 1. The summed E-state index contributed by atoms with van der Waals surface area (Å²) in [7, 11) is 1.63. The molecule has 1 heterocycles. The van der Waals surface area contributed by atoms with Crippen molar-refractivity contribution in [2.24, 2.45) is 0 Å². The summed E-state index contributed by atoms with van der Waals surface area (Å²) in [6.45, 7) is 0. The topological polar surface area (TPSA) is 48.8 Å². The van der Waals surface area contributed by atoms with E-state index in [1.807, 2.05) is 30.5 Å². The molecule has 1 N–H and O–H groups in total. The van der Waals surface area contributed by atoms with Crippen molar-refractivity contribution >= 4 is 0 Å². The molecule has 0 amide bonds. The van der Waals surface area contributed by atoms with E-state index in [1.165, 1.54) is 0 Å². The molecule has 1 aromatic heterocycles. The Hall–Kier alpha value is -2.21. The lowest BCUT2D eigenvalue weighted by Gasteiger charge is -2.01. The molecule has 2 aromatic rings. The molecular formula is C12H10N2O. The van der Waals surface area contributed by atoms with Crippen LogP contribution in [-0.2, 0) is 0 Å². The lowest BCUT2D eigenvalue weighted by atomic mass is 10.1. The highest BCUT2D eigenvalue weighted by atomic mass is 16.5. The number of hydrogen-bond acceptors (Lipinski definition) is 2. The molecular weight excluding hydrogens is 188 g/mol. The zero-order valence-electron chi connectivity index (χ0n) is 8.32. The predicted molar refractivity (Wildman–Crippen MR) is 57.5 cm³/mol. The molecule has 0 bridgehead atoms. The highest BCUT2D eigenvalue weighted by molar-refractivity contribution is 5.70. The van der Waals surface area contributed by atoms with Gasteiger partial charge in [-0.3, -0.25) is 0 Å². The average molecular weight is 198 g/mol. The third kappa shape index (κ3) is 1.70. The number of nitriles is 1. The third-order valence-electron chi connectivity index (χ3n) is 2.27. The number of hydrogen-bond donors (Lipinski definition) is 1. The highest BCUT2D eigenvalue weighted by Crippen LogP contribution is 2.24. The van der Waals surface area contributed by atoms with Crippen LogP contribution in [0.2, 0.25) is 0 Å². The highest BCUT2D eigenvalue weighted by Gasteiger charge is 2.05. The van der Waals surface area contributed by atoms with Crippen molar-refractivity contribution in [3.8, 4) is 22.9 Å². The number of aromatic nitrogens is 1. The van der Waals surface area contributed by atoms with E-state index < -0.39 is 0 Å². The Morgan fingerprint density at radius 2 is 1.93 bits per heavy atom. The van der Waals surface area contributed by atoms with E-state index in [1.54, 1.807) is 13.3 Å². The number of methoxy groups -OCH3 is 1. The normalized spacial score (nSPS) is 9.60. The third-order valence-corrected chi connectivity index (χ3v) is 2.27. The fourth-order valence-corrected chi connectivity index (χ4v) is 1.47. The maximum Gasteiger partial charge on any atom is 0.118 e. The molecule has 0 aliphatic rings. The molecule has 0 radical (unpaired) electrons. The molecule has 0 aliphatic heterocycles. The standard InChI is InChI=1S/C12H10N2O/c1-15-11-4-2-9(3-5-11)12-8-14-7-10(12)6-13/h2-5,7-8,14H,1H3. The molecule has 3 nitrogen and oxygen atoms in total. The summed E-state index contributed by atoms with van der Waals surface area (Å²) in [4.78, 5) is 2.92. The van der Waals surface area contributed by atoms with Gasteiger partial charge >= 0.3 is 0 Å². The van der Waals surface area contributed by atoms with E-state index in [9.17, 15) is 0 Å². The molecule has 0 saturated heterocycles. The van der Waals surface area contributed by atoms with Gasteiger partial charge in [-0.05, 0) is 17.7 Å². The van der Waals surface area contributed by atoms with E-state index >= 15 is 0 Å². The molecule has 0 aliphatic carbocycles. The Bertz CT molecular complexity index is 491. The van der Waals surface area contributed by atoms with Crippen LogP contribution in [0.15, 0.2) is 36.7 Å². The van der Waals surface area contributed by atoms with Gasteiger partial charge < -0.3 is 9.72 Å². The van der Waals surface area contributed by atoms with Gasteiger partial charge in [-0.15, -0.1) is 0 Å². The average Bonchev–Trinajstić information content (AvgIpc) is 2.77. The van der Waals surface area contributed by atoms with Crippen LogP contribution in [0.5, 0.6) is 5.75 Å². The predicted octanol–water partition coefficient (Wildman–Crippen LogP) is 2.56. The molecule has 0 unspecified atom stereocenters. The van der Waals surface area contributed by atoms with Crippen LogP contribution in [-0.4, -0.2) is 12.1 Å². The van der Waals surface area contributed by atoms with Gasteiger partial charge in [0.05, 0.1) is 12.7 Å². The van der Waals surface area contributed by atoms with E-state index in [0.29, 0.717) is 5.56 Å². The molecule has 15 heavy (non-hydrogen) atoms. The molecule has 2 rings (SSSR count). The van der Waals surface area contributed by atoms with Crippen molar-refractivity contribution < 1.29 is 4.74 Å². The Kier molecular flexibility index (Phi) is 2.42. The smallest absolute Gasteiger partial charge is 0.118 e. The molecule has 0 spiro atoms. The summed E-state index contributed by atoms with van der Waals surface area (Å²) in [5, 5.41) is 8.87. The van der Waals surface area contributed by atoms with Gasteiger partial charge in [0.1, 0.15) is 11.8 Å². The van der Waals surface area contributed by atoms with Crippen molar-refractivity contribution in [3.05, 3.63) is 42.2 Å².